The normalized spacial score (nSPS) is 16.4. The number of rotatable bonds is 8. The number of ether oxygens (including phenoxy) is 2. The van der Waals surface area contributed by atoms with E-state index in [0.29, 0.717) is 44.1 Å². The topological polar surface area (TPSA) is 84.9 Å². The molecule has 0 spiro atoms. The van der Waals surface area contributed by atoms with Crippen molar-refractivity contribution in [1.29, 1.82) is 0 Å². The lowest BCUT2D eigenvalue weighted by atomic mass is 9.86. The van der Waals surface area contributed by atoms with E-state index in [2.05, 4.69) is 19.2 Å². The summed E-state index contributed by atoms with van der Waals surface area (Å²) in [6, 6.07) is 6.89. The molecule has 0 radical (unpaired) electrons. The summed E-state index contributed by atoms with van der Waals surface area (Å²) in [7, 11) is 0. The lowest BCUT2D eigenvalue weighted by molar-refractivity contribution is -0.144. The Balaban J connectivity index is 1.88. The molecule has 0 aromatic heterocycles. The number of benzene rings is 1. The molecule has 2 N–H and O–H groups in total. The third-order valence-corrected chi connectivity index (χ3v) is 4.33. The summed E-state index contributed by atoms with van der Waals surface area (Å²) in [4.78, 5) is 23.8. The number of hydrogen-bond donors (Lipinski definition) is 2. The van der Waals surface area contributed by atoms with Crippen LogP contribution in [0.1, 0.15) is 37.0 Å². The van der Waals surface area contributed by atoms with Gasteiger partial charge in [0.1, 0.15) is 5.75 Å². The van der Waals surface area contributed by atoms with Crippen LogP contribution >= 0.6 is 0 Å². The molecule has 0 bridgehead atoms. The highest BCUT2D eigenvalue weighted by atomic mass is 16.5. The average Bonchev–Trinajstić information content (AvgIpc) is 2.61. The van der Waals surface area contributed by atoms with Crippen molar-refractivity contribution < 1.29 is 24.2 Å². The van der Waals surface area contributed by atoms with E-state index in [-0.39, 0.29) is 18.4 Å². The van der Waals surface area contributed by atoms with Gasteiger partial charge in [-0.25, -0.2) is 0 Å². The number of carboxylic acids is 1. The van der Waals surface area contributed by atoms with Gasteiger partial charge in [-0.1, -0.05) is 13.8 Å². The highest BCUT2D eigenvalue weighted by molar-refractivity contribution is 5.94. The Kier molecular flexibility index (Phi) is 7.25. The summed E-state index contributed by atoms with van der Waals surface area (Å²) in [5.41, 5.74) is 0.494. The second-order valence-corrected chi connectivity index (χ2v) is 6.83. The second-order valence-electron chi connectivity index (χ2n) is 6.83. The smallest absolute Gasteiger partial charge is 0.308 e. The first-order valence-electron chi connectivity index (χ1n) is 8.79. The van der Waals surface area contributed by atoms with E-state index in [1.807, 2.05) is 0 Å². The van der Waals surface area contributed by atoms with Crippen LogP contribution in [0.15, 0.2) is 24.3 Å². The number of carbonyl (C=O) groups is 2. The maximum atomic E-state index is 12.3. The Morgan fingerprint density at radius 2 is 1.88 bits per heavy atom. The fourth-order valence-corrected chi connectivity index (χ4v) is 2.84. The first-order chi connectivity index (χ1) is 12.0. The van der Waals surface area contributed by atoms with Crippen molar-refractivity contribution in [2.75, 3.05) is 26.4 Å². The molecule has 1 fully saturated rings. The zero-order valence-corrected chi connectivity index (χ0v) is 14.9. The molecule has 6 nitrogen and oxygen atoms in total. The minimum absolute atomic E-state index is 0.0401. The van der Waals surface area contributed by atoms with Gasteiger partial charge in [0.05, 0.1) is 12.5 Å². The van der Waals surface area contributed by atoms with Gasteiger partial charge < -0.3 is 19.9 Å². The standard InChI is InChI=1S/C19H27NO5/c1-13(2)12-25-16-5-3-15(4-6-16)18(21)20-11-17(19(22)23)14-7-9-24-10-8-14/h3-6,13-14,17H,7-12H2,1-2H3,(H,20,21)(H,22,23). The number of hydrogen-bond acceptors (Lipinski definition) is 4. The van der Waals surface area contributed by atoms with Gasteiger partial charge in [0, 0.05) is 25.3 Å². The fourth-order valence-electron chi connectivity index (χ4n) is 2.84. The number of amides is 1. The van der Waals surface area contributed by atoms with E-state index in [9.17, 15) is 14.7 Å². The Morgan fingerprint density at radius 1 is 1.24 bits per heavy atom. The van der Waals surface area contributed by atoms with E-state index >= 15 is 0 Å². The van der Waals surface area contributed by atoms with E-state index in [1.165, 1.54) is 0 Å². The van der Waals surface area contributed by atoms with Crippen LogP contribution in [0.3, 0.4) is 0 Å². The number of carbonyl (C=O) groups excluding carboxylic acids is 1. The van der Waals surface area contributed by atoms with E-state index < -0.39 is 11.9 Å². The maximum Gasteiger partial charge on any atom is 0.308 e. The SMILES string of the molecule is CC(C)COc1ccc(C(=O)NCC(C(=O)O)C2CCOCC2)cc1. The van der Waals surface area contributed by atoms with Crippen molar-refractivity contribution in [2.45, 2.75) is 26.7 Å². The van der Waals surface area contributed by atoms with Crippen molar-refractivity contribution in [3.8, 4) is 5.75 Å². The molecule has 1 unspecified atom stereocenters. The first-order valence-corrected chi connectivity index (χ1v) is 8.79. The molecular weight excluding hydrogens is 322 g/mol. The van der Waals surface area contributed by atoms with Gasteiger partial charge in [0.25, 0.3) is 5.91 Å². The van der Waals surface area contributed by atoms with Crippen molar-refractivity contribution >= 4 is 11.9 Å². The summed E-state index contributed by atoms with van der Waals surface area (Å²) in [6.07, 6.45) is 1.43. The zero-order chi connectivity index (χ0) is 18.2. The molecule has 1 aliphatic heterocycles. The molecule has 1 aliphatic rings. The van der Waals surface area contributed by atoms with Gasteiger partial charge in [-0.05, 0) is 48.9 Å². The summed E-state index contributed by atoms with van der Waals surface area (Å²) < 4.78 is 10.9. The van der Waals surface area contributed by atoms with Crippen LogP contribution in [0.5, 0.6) is 5.75 Å². The van der Waals surface area contributed by atoms with Crippen LogP contribution in [-0.4, -0.2) is 43.3 Å². The summed E-state index contributed by atoms with van der Waals surface area (Å²) in [5.74, 6) is -0.532. The zero-order valence-electron chi connectivity index (χ0n) is 14.9. The molecule has 1 aromatic carbocycles. The minimum atomic E-state index is -0.871. The lowest BCUT2D eigenvalue weighted by Crippen LogP contribution is -2.38. The number of nitrogens with one attached hydrogen (secondary N) is 1. The van der Waals surface area contributed by atoms with Gasteiger partial charge in [-0.15, -0.1) is 0 Å². The van der Waals surface area contributed by atoms with E-state index in [4.69, 9.17) is 9.47 Å². The predicted octanol–water partition coefficient (Wildman–Crippen LogP) is 2.58. The van der Waals surface area contributed by atoms with Crippen molar-refractivity contribution in [3.05, 3.63) is 29.8 Å². The molecule has 0 aliphatic carbocycles. The molecule has 1 atom stereocenters. The van der Waals surface area contributed by atoms with Crippen LogP contribution in [-0.2, 0) is 9.53 Å². The van der Waals surface area contributed by atoms with Crippen molar-refractivity contribution in [2.24, 2.45) is 17.8 Å². The lowest BCUT2D eigenvalue weighted by Gasteiger charge is -2.27. The molecule has 1 saturated heterocycles. The van der Waals surface area contributed by atoms with Crippen LogP contribution in [0.25, 0.3) is 0 Å². The van der Waals surface area contributed by atoms with E-state index in [1.54, 1.807) is 24.3 Å². The molecule has 138 valence electrons. The number of carboxylic acid groups (broad SMARTS) is 1. The van der Waals surface area contributed by atoms with Gasteiger partial charge in [0.2, 0.25) is 0 Å². The maximum absolute atomic E-state index is 12.3. The molecule has 1 aromatic rings. The first kappa shape index (κ1) is 19.2. The Labute approximate surface area is 148 Å². The van der Waals surface area contributed by atoms with Crippen LogP contribution in [0.4, 0.5) is 0 Å². The molecule has 1 amide bonds. The molecule has 6 heteroatoms. The molecule has 2 rings (SSSR count). The van der Waals surface area contributed by atoms with Gasteiger partial charge in [-0.3, -0.25) is 9.59 Å². The molecule has 1 heterocycles. The second kappa shape index (κ2) is 9.42. The van der Waals surface area contributed by atoms with Crippen LogP contribution < -0.4 is 10.1 Å². The van der Waals surface area contributed by atoms with Gasteiger partial charge in [-0.2, -0.15) is 0 Å². The van der Waals surface area contributed by atoms with Gasteiger partial charge >= 0.3 is 5.97 Å². The predicted molar refractivity (Wildman–Crippen MR) is 93.8 cm³/mol. The largest absolute Gasteiger partial charge is 0.493 e. The van der Waals surface area contributed by atoms with E-state index in [0.717, 1.165) is 5.75 Å². The molecule has 0 saturated carbocycles. The quantitative estimate of drug-likeness (QED) is 0.753. The Bertz CT molecular complexity index is 564. The van der Waals surface area contributed by atoms with Gasteiger partial charge in [0.15, 0.2) is 0 Å². The van der Waals surface area contributed by atoms with Crippen LogP contribution in [0, 0.1) is 17.8 Å². The Morgan fingerprint density at radius 3 is 2.44 bits per heavy atom. The third-order valence-electron chi connectivity index (χ3n) is 4.33. The third kappa shape index (κ3) is 6.05. The Hall–Kier alpha value is -2.08. The monoisotopic (exact) mass is 349 g/mol. The molecular formula is C19H27NO5. The highest BCUT2D eigenvalue weighted by Crippen LogP contribution is 2.24. The van der Waals surface area contributed by atoms with Crippen LogP contribution in [0.2, 0.25) is 0 Å². The molecule has 25 heavy (non-hydrogen) atoms. The summed E-state index contributed by atoms with van der Waals surface area (Å²) >= 11 is 0. The van der Waals surface area contributed by atoms with Crippen molar-refractivity contribution in [3.63, 3.8) is 0 Å². The highest BCUT2D eigenvalue weighted by Gasteiger charge is 2.30. The minimum Gasteiger partial charge on any atom is -0.493 e. The fraction of sp³-hybridized carbons (Fsp3) is 0.579. The van der Waals surface area contributed by atoms with Crippen molar-refractivity contribution in [1.82, 2.24) is 5.32 Å². The summed E-state index contributed by atoms with van der Waals surface area (Å²) in [5, 5.41) is 12.2. The summed E-state index contributed by atoms with van der Waals surface area (Å²) in [6.45, 7) is 6.06. The average molecular weight is 349 g/mol. The number of aliphatic carboxylic acids is 1.